The van der Waals surface area contributed by atoms with Gasteiger partial charge in [-0.3, -0.25) is 4.79 Å². The Hall–Kier alpha value is -1.64. The number of hydrogen-bond donors (Lipinski definition) is 1. The molecule has 0 radical (unpaired) electrons. The fourth-order valence-corrected chi connectivity index (χ4v) is 2.65. The molecule has 0 heterocycles. The second-order valence-corrected chi connectivity index (χ2v) is 5.86. The summed E-state index contributed by atoms with van der Waals surface area (Å²) in [7, 11) is 0. The number of carbonyl (C=O) groups is 1. The van der Waals surface area contributed by atoms with E-state index in [1.807, 2.05) is 54.6 Å². The van der Waals surface area contributed by atoms with Gasteiger partial charge < -0.3 is 5.32 Å². The Labute approximate surface area is 137 Å². The van der Waals surface area contributed by atoms with E-state index in [2.05, 4.69) is 12.2 Å². The number of unbranched alkanes of at least 4 members (excludes halogenated alkanes) is 1. The maximum Gasteiger partial charge on any atom is 0.158 e. The van der Waals surface area contributed by atoms with Crippen LogP contribution >= 0.6 is 11.6 Å². The van der Waals surface area contributed by atoms with Gasteiger partial charge in [-0.25, -0.2) is 0 Å². The highest BCUT2D eigenvalue weighted by Crippen LogP contribution is 2.18. The topological polar surface area (TPSA) is 29.1 Å². The minimum Gasteiger partial charge on any atom is -0.304 e. The maximum atomic E-state index is 12.7. The van der Waals surface area contributed by atoms with E-state index in [1.54, 1.807) is 0 Å². The summed E-state index contributed by atoms with van der Waals surface area (Å²) < 4.78 is 0. The molecule has 2 rings (SSSR count). The van der Waals surface area contributed by atoms with Crippen molar-refractivity contribution in [2.24, 2.45) is 0 Å². The molecule has 0 aromatic heterocycles. The van der Waals surface area contributed by atoms with E-state index in [9.17, 15) is 4.79 Å². The van der Waals surface area contributed by atoms with Crippen LogP contribution in [0.25, 0.3) is 0 Å². The van der Waals surface area contributed by atoms with Crippen molar-refractivity contribution in [2.75, 3.05) is 6.54 Å². The van der Waals surface area contributed by atoms with Crippen LogP contribution in [0.4, 0.5) is 0 Å². The van der Waals surface area contributed by atoms with Crippen molar-refractivity contribution in [3.8, 4) is 0 Å². The third-order valence-electron chi connectivity index (χ3n) is 3.60. The van der Waals surface area contributed by atoms with Gasteiger partial charge >= 0.3 is 0 Å². The van der Waals surface area contributed by atoms with Crippen LogP contribution in [0.1, 0.15) is 36.9 Å². The number of ketones is 1. The van der Waals surface area contributed by atoms with E-state index < -0.39 is 0 Å². The van der Waals surface area contributed by atoms with Gasteiger partial charge in [-0.1, -0.05) is 67.4 Å². The van der Waals surface area contributed by atoms with Crippen LogP contribution in [0.5, 0.6) is 0 Å². The lowest BCUT2D eigenvalue weighted by atomic mass is 9.97. The fourth-order valence-electron chi connectivity index (χ4n) is 2.44. The third kappa shape index (κ3) is 4.97. The van der Waals surface area contributed by atoms with Gasteiger partial charge in [0.05, 0.1) is 6.04 Å². The Balaban J connectivity index is 2.11. The first-order valence-electron chi connectivity index (χ1n) is 7.76. The zero-order chi connectivity index (χ0) is 15.8. The molecule has 0 saturated carbocycles. The lowest BCUT2D eigenvalue weighted by molar-refractivity contribution is -0.120. The van der Waals surface area contributed by atoms with E-state index in [0.717, 1.165) is 30.5 Å². The molecule has 0 aliphatic rings. The molecule has 116 valence electrons. The molecule has 0 aliphatic heterocycles. The summed E-state index contributed by atoms with van der Waals surface area (Å²) in [6, 6.07) is 17.1. The summed E-state index contributed by atoms with van der Waals surface area (Å²) >= 11 is 6.00. The highest BCUT2D eigenvalue weighted by atomic mass is 35.5. The summed E-state index contributed by atoms with van der Waals surface area (Å²) in [5.74, 6) is 0.171. The minimum absolute atomic E-state index is 0.171. The summed E-state index contributed by atoms with van der Waals surface area (Å²) in [6.07, 6.45) is 2.56. The van der Waals surface area contributed by atoms with Crippen molar-refractivity contribution in [1.82, 2.24) is 5.32 Å². The van der Waals surface area contributed by atoms with Gasteiger partial charge in [0, 0.05) is 11.4 Å². The van der Waals surface area contributed by atoms with E-state index in [-0.39, 0.29) is 11.8 Å². The first-order valence-corrected chi connectivity index (χ1v) is 8.14. The van der Waals surface area contributed by atoms with Crippen molar-refractivity contribution in [3.63, 3.8) is 0 Å². The Morgan fingerprint density at radius 2 is 1.91 bits per heavy atom. The molecule has 0 saturated heterocycles. The van der Waals surface area contributed by atoms with E-state index in [4.69, 9.17) is 11.6 Å². The first kappa shape index (κ1) is 16.7. The molecule has 0 amide bonds. The predicted octanol–water partition coefficient (Wildman–Crippen LogP) is 4.58. The molecule has 1 N–H and O–H groups in total. The molecule has 2 nitrogen and oxygen atoms in total. The van der Waals surface area contributed by atoms with Crippen molar-refractivity contribution < 1.29 is 4.79 Å². The van der Waals surface area contributed by atoms with Crippen molar-refractivity contribution >= 4 is 17.4 Å². The Morgan fingerprint density at radius 1 is 1.14 bits per heavy atom. The standard InChI is InChI=1S/C19H22ClNO/c1-2-3-12-21-19(16-9-5-4-6-10-16)18(22)14-15-8-7-11-17(20)13-15/h4-11,13,19,21H,2-3,12,14H2,1H3. The molecule has 1 atom stereocenters. The van der Waals surface area contributed by atoms with E-state index in [1.165, 1.54) is 0 Å². The number of halogens is 1. The fraction of sp³-hybridized carbons (Fsp3) is 0.316. The van der Waals surface area contributed by atoms with Crippen LogP contribution in [0.15, 0.2) is 54.6 Å². The van der Waals surface area contributed by atoms with E-state index >= 15 is 0 Å². The van der Waals surface area contributed by atoms with Gasteiger partial charge in [-0.15, -0.1) is 0 Å². The lowest BCUT2D eigenvalue weighted by Gasteiger charge is -2.18. The van der Waals surface area contributed by atoms with Crippen molar-refractivity contribution in [2.45, 2.75) is 32.2 Å². The number of hydrogen-bond acceptors (Lipinski definition) is 2. The molecule has 3 heteroatoms. The zero-order valence-corrected chi connectivity index (χ0v) is 13.6. The van der Waals surface area contributed by atoms with Crippen LogP contribution in [0.2, 0.25) is 5.02 Å². The molecule has 0 bridgehead atoms. The molecular weight excluding hydrogens is 294 g/mol. The molecule has 0 spiro atoms. The zero-order valence-electron chi connectivity index (χ0n) is 12.9. The minimum atomic E-state index is -0.258. The van der Waals surface area contributed by atoms with E-state index in [0.29, 0.717) is 11.4 Å². The molecule has 2 aromatic rings. The Bertz CT molecular complexity index is 597. The van der Waals surface area contributed by atoms with Crippen LogP contribution in [-0.4, -0.2) is 12.3 Å². The first-order chi connectivity index (χ1) is 10.7. The van der Waals surface area contributed by atoms with Crippen molar-refractivity contribution in [1.29, 1.82) is 0 Å². The highest BCUT2D eigenvalue weighted by Gasteiger charge is 2.19. The van der Waals surface area contributed by atoms with Gasteiger partial charge in [0.2, 0.25) is 0 Å². The molecule has 2 aromatic carbocycles. The second kappa shape index (κ2) is 8.72. The summed E-state index contributed by atoms with van der Waals surface area (Å²) in [4.78, 5) is 12.7. The van der Waals surface area contributed by atoms with Gasteiger partial charge in [0.25, 0.3) is 0 Å². The molecular formula is C19H22ClNO. The summed E-state index contributed by atoms with van der Waals surface area (Å²) in [5, 5.41) is 4.06. The van der Waals surface area contributed by atoms with Gasteiger partial charge in [-0.2, -0.15) is 0 Å². The number of rotatable bonds is 8. The number of carbonyl (C=O) groups excluding carboxylic acids is 1. The largest absolute Gasteiger partial charge is 0.304 e. The molecule has 22 heavy (non-hydrogen) atoms. The van der Waals surface area contributed by atoms with Crippen LogP contribution < -0.4 is 5.32 Å². The number of benzene rings is 2. The molecule has 0 fully saturated rings. The Morgan fingerprint density at radius 3 is 2.59 bits per heavy atom. The van der Waals surface area contributed by atoms with Crippen LogP contribution in [0, 0.1) is 0 Å². The lowest BCUT2D eigenvalue weighted by Crippen LogP contribution is -2.30. The predicted molar refractivity (Wildman–Crippen MR) is 92.3 cm³/mol. The SMILES string of the molecule is CCCCNC(C(=O)Cc1cccc(Cl)c1)c1ccccc1. The number of nitrogens with one attached hydrogen (secondary N) is 1. The highest BCUT2D eigenvalue weighted by molar-refractivity contribution is 6.30. The number of Topliss-reactive ketones (excluding diaryl/α,β-unsaturated/α-hetero) is 1. The van der Waals surface area contributed by atoms with Gasteiger partial charge in [0.15, 0.2) is 5.78 Å². The third-order valence-corrected chi connectivity index (χ3v) is 3.84. The molecule has 1 unspecified atom stereocenters. The maximum absolute atomic E-state index is 12.7. The van der Waals surface area contributed by atoms with Crippen LogP contribution in [0.3, 0.4) is 0 Å². The van der Waals surface area contributed by atoms with Crippen molar-refractivity contribution in [3.05, 3.63) is 70.7 Å². The normalized spacial score (nSPS) is 12.1. The average molecular weight is 316 g/mol. The van der Waals surface area contributed by atoms with Gasteiger partial charge in [0.1, 0.15) is 0 Å². The Kier molecular flexibility index (Phi) is 6.63. The quantitative estimate of drug-likeness (QED) is 0.722. The second-order valence-electron chi connectivity index (χ2n) is 5.42. The monoisotopic (exact) mass is 315 g/mol. The van der Waals surface area contributed by atoms with Crippen LogP contribution in [-0.2, 0) is 11.2 Å². The van der Waals surface area contributed by atoms with Gasteiger partial charge in [-0.05, 0) is 36.2 Å². The summed E-state index contributed by atoms with van der Waals surface area (Å²) in [5.41, 5.74) is 1.97. The summed E-state index contributed by atoms with van der Waals surface area (Å²) in [6.45, 7) is 2.99. The smallest absolute Gasteiger partial charge is 0.158 e. The average Bonchev–Trinajstić information content (AvgIpc) is 2.52. The molecule has 0 aliphatic carbocycles.